The zero-order chi connectivity index (χ0) is 63.8. The molecule has 0 atom stereocenters. The van der Waals surface area contributed by atoms with Gasteiger partial charge in [-0.1, -0.05) is 0 Å². The van der Waals surface area contributed by atoms with Gasteiger partial charge in [-0.3, -0.25) is 0 Å². The third kappa shape index (κ3) is 13.8. The summed E-state index contributed by atoms with van der Waals surface area (Å²) in [7, 11) is 29.3. The standard InChI is InChI=1S/2C21H26N2.C18H33P.C10H12O.C7H6.4ClH.2Ru/c2*1-14-9-16(3)20(17(4)10-14)22-7-8-23(13-22)21-18(5)11-15(2)12-19(21)6;1-4-10-16(11-5-1)19(17-12-6-2-7-13-17)18-14-8-3-9-15-18;1-8(2)11-10-7-5-4-6-9(10)3;1-7-5-3-2-4-6-7;;;;;;/h2*9-12H,7-8H2,1-6H3;16-18H,1-15H2;3-8H,1-2H3;1-6H;4*1H;;/q;;;;;;;;;+1;+2/p-3. The van der Waals surface area contributed by atoms with Crippen molar-refractivity contribution in [3.63, 3.8) is 0 Å². The number of anilines is 4. The van der Waals surface area contributed by atoms with E-state index in [1.807, 2.05) is 38.1 Å². The third-order valence-corrected chi connectivity index (χ3v) is 62.5. The number of hydrogen-bond donors (Lipinski definition) is 0. The molecule has 6 aromatic carbocycles. The van der Waals surface area contributed by atoms with E-state index in [9.17, 15) is 19.4 Å². The molecule has 2 heterocycles. The molecule has 2 saturated heterocycles. The first-order valence-corrected chi connectivity index (χ1v) is 50.8. The van der Waals surface area contributed by atoms with Gasteiger partial charge >= 0.3 is 561 Å². The molecular weight excluding hydrogens is 1370 g/mol. The maximum atomic E-state index is 9.55. The fourth-order valence-electron chi connectivity index (χ4n) is 17.4. The van der Waals surface area contributed by atoms with Crippen LogP contribution in [0.1, 0.15) is 188 Å². The monoisotopic (exact) mass is 1480 g/mol. The second kappa shape index (κ2) is 28.3. The fourth-order valence-corrected chi connectivity index (χ4v) is 71.1. The van der Waals surface area contributed by atoms with E-state index in [0.717, 1.165) is 41.8 Å². The number of benzene rings is 6. The van der Waals surface area contributed by atoms with Gasteiger partial charge in [0.15, 0.2) is 0 Å². The molecule has 3 aliphatic carbocycles. The van der Waals surface area contributed by atoms with E-state index in [-0.39, 0.29) is 6.10 Å². The molecule has 0 N–H and O–H groups in total. The van der Waals surface area contributed by atoms with Gasteiger partial charge in [0.05, 0.1) is 0 Å². The Morgan fingerprint density at radius 2 is 0.764 bits per heavy atom. The maximum absolute atomic E-state index is 9.55. The van der Waals surface area contributed by atoms with Gasteiger partial charge in [0.1, 0.15) is 0 Å². The Balaban J connectivity index is 0.000000208. The van der Waals surface area contributed by atoms with Crippen molar-refractivity contribution in [2.75, 3.05) is 45.8 Å². The Morgan fingerprint density at radius 1 is 0.449 bits per heavy atom. The first-order chi connectivity index (χ1) is 42.3. The summed E-state index contributed by atoms with van der Waals surface area (Å²) in [5, 5.41) is 0. The van der Waals surface area contributed by atoms with Gasteiger partial charge in [-0.15, -0.1) is 0 Å². The fraction of sp³-hybridized carbons (Fsp3) is 0.481. The van der Waals surface area contributed by atoms with Gasteiger partial charge < -0.3 is 0 Å². The van der Waals surface area contributed by atoms with Crippen LogP contribution < -0.4 is 24.3 Å². The van der Waals surface area contributed by atoms with Crippen molar-refractivity contribution < 1.29 is 26.9 Å². The second-order valence-corrected chi connectivity index (χ2v) is 64.7. The number of ether oxygens (including phenoxy) is 1. The van der Waals surface area contributed by atoms with Crippen LogP contribution in [0.25, 0.3) is 0 Å². The molecule has 2 aliphatic heterocycles. The van der Waals surface area contributed by atoms with Crippen LogP contribution in [0.4, 0.5) is 22.7 Å². The second-order valence-electron chi connectivity index (χ2n) is 27.4. The van der Waals surface area contributed by atoms with Gasteiger partial charge in [0.25, 0.3) is 0 Å². The molecule has 5 nitrogen and oxygen atoms in total. The van der Waals surface area contributed by atoms with E-state index >= 15 is 0 Å². The van der Waals surface area contributed by atoms with Crippen molar-refractivity contribution in [1.29, 1.82) is 0 Å². The number of para-hydroxylation sites is 1. The zero-order valence-electron chi connectivity index (χ0n) is 56.1. The van der Waals surface area contributed by atoms with E-state index in [2.05, 4.69) is 191 Å². The first-order valence-electron chi connectivity index (χ1n) is 33.4. The quantitative estimate of drug-likeness (QED) is 0.0897. The van der Waals surface area contributed by atoms with Gasteiger partial charge in [-0.2, -0.15) is 0 Å². The Morgan fingerprint density at radius 3 is 1.11 bits per heavy atom. The summed E-state index contributed by atoms with van der Waals surface area (Å²) in [6.45, 7) is 34.4. The molecule has 0 bridgehead atoms. The van der Waals surface area contributed by atoms with Crippen LogP contribution in [0.5, 0.6) is 5.75 Å². The summed E-state index contributed by atoms with van der Waals surface area (Å²) in [5.74, 6) is 0.811. The zero-order valence-corrected chi connectivity index (χ0v) is 63.6. The molecule has 0 amide bonds. The van der Waals surface area contributed by atoms with Crippen molar-refractivity contribution in [3.8, 4) is 5.75 Å². The van der Waals surface area contributed by atoms with E-state index < -0.39 is 27.7 Å². The molecular formula is C77H104Cl4N4OPRu2. The molecule has 0 aromatic heterocycles. The molecule has 12 heteroatoms. The number of rotatable bonds is 12. The first kappa shape index (κ1) is 68.5. The van der Waals surface area contributed by atoms with E-state index in [0.29, 0.717) is 17.0 Å². The van der Waals surface area contributed by atoms with Crippen molar-refractivity contribution >= 4 is 85.0 Å². The molecule has 5 fully saturated rings. The van der Waals surface area contributed by atoms with E-state index in [4.69, 9.17) is 24.1 Å². The van der Waals surface area contributed by atoms with E-state index in [1.54, 1.807) is 0 Å². The van der Waals surface area contributed by atoms with Crippen LogP contribution in [0.3, 0.4) is 0 Å². The molecule has 89 heavy (non-hydrogen) atoms. The van der Waals surface area contributed by atoms with Crippen LogP contribution in [-0.2, 0) is 22.1 Å². The summed E-state index contributed by atoms with van der Waals surface area (Å²) >= 11 is -3.62. The van der Waals surface area contributed by atoms with Crippen LogP contribution >= 0.6 is 44.4 Å². The average molecular weight is 1480 g/mol. The van der Waals surface area contributed by atoms with Crippen LogP contribution in [-0.4, -0.2) is 67.2 Å². The molecule has 3 saturated carbocycles. The van der Waals surface area contributed by atoms with Gasteiger partial charge in [0.2, 0.25) is 0 Å². The number of nitrogens with zero attached hydrogens (tertiary/aromatic N) is 4. The van der Waals surface area contributed by atoms with Gasteiger partial charge in [-0.25, -0.2) is 0 Å². The SMILES string of the molecule is Cc1cc(C)c(N2CCN(c3c(C)cc(C)cc3C)[C]2=[Ru]([Cl])([Cl])(=[CH]c2ccccc2)[PH](C2CCCCC2)(C2CCCCC2)C2CCCCC2)c(C)c1.Cc1cc(C)c(N2CCN(c3c(C)cc(C)cc3C)[C]2=[Ru]([Cl])([Cl])=[CH]c2ccccc2OC(C)C)c(C)c1. The van der Waals surface area contributed by atoms with Gasteiger partial charge in [-0.05, 0) is 0 Å². The summed E-state index contributed by atoms with van der Waals surface area (Å²) in [4.78, 5) is 10.3. The van der Waals surface area contributed by atoms with Crippen molar-refractivity contribution in [3.05, 3.63) is 181 Å². The third-order valence-electron chi connectivity index (χ3n) is 19.9. The number of halogens is 4. The minimum atomic E-state index is -4.89. The summed E-state index contributed by atoms with van der Waals surface area (Å²) in [6, 6.07) is 37.8. The molecule has 11 rings (SSSR count). The summed E-state index contributed by atoms with van der Waals surface area (Å²) in [6.07, 6.45) is 20.2. The Kier molecular flexibility index (Phi) is 21.8. The Hall–Kier alpha value is -3.36. The predicted octanol–water partition coefficient (Wildman–Crippen LogP) is 21.5. The van der Waals surface area contributed by atoms with E-state index in [1.165, 1.54) is 196 Å². The molecule has 487 valence electrons. The van der Waals surface area contributed by atoms with Crippen LogP contribution in [0.2, 0.25) is 0 Å². The average Bonchev–Trinajstić information content (AvgIpc) is 1.59. The van der Waals surface area contributed by atoms with Gasteiger partial charge in [0, 0.05) is 0 Å². The predicted molar refractivity (Wildman–Crippen MR) is 393 cm³/mol. The Labute approximate surface area is 555 Å². The van der Waals surface area contributed by atoms with Crippen molar-refractivity contribution in [2.24, 2.45) is 0 Å². The number of hydrogen-bond acceptors (Lipinski definition) is 5. The topological polar surface area (TPSA) is 22.2 Å². The van der Waals surface area contributed by atoms with Crippen molar-refractivity contribution in [1.82, 2.24) is 0 Å². The normalized spacial score (nSPS) is 18.5. The van der Waals surface area contributed by atoms with Crippen molar-refractivity contribution in [2.45, 2.75) is 216 Å². The Bertz CT molecular complexity index is 3600. The summed E-state index contributed by atoms with van der Waals surface area (Å²) in [5.41, 5.74) is 22.2. The van der Waals surface area contributed by atoms with Crippen LogP contribution in [0.15, 0.2) is 103 Å². The molecule has 6 aromatic rings. The molecule has 0 spiro atoms. The molecule has 0 radical (unpaired) electrons. The summed E-state index contributed by atoms with van der Waals surface area (Å²) < 4.78 is 13.2. The molecule has 0 unspecified atom stereocenters. The minimum absolute atomic E-state index is 0.0582. The number of aryl methyl sites for hydroxylation is 12. The molecule has 5 aliphatic rings. The van der Waals surface area contributed by atoms with Crippen LogP contribution in [0, 0.1) is 83.1 Å².